The van der Waals surface area contributed by atoms with Crippen molar-refractivity contribution in [2.45, 2.75) is 44.8 Å². The number of nitrogens with one attached hydrogen (secondary N) is 1. The lowest BCUT2D eigenvalue weighted by Crippen LogP contribution is -2.61. The van der Waals surface area contributed by atoms with Crippen LogP contribution in [0.4, 0.5) is 0 Å². The van der Waals surface area contributed by atoms with Crippen LogP contribution in [0.15, 0.2) is 24.3 Å². The maximum absolute atomic E-state index is 13.0. The summed E-state index contributed by atoms with van der Waals surface area (Å²) in [6.45, 7) is 3.93. The van der Waals surface area contributed by atoms with Crippen molar-refractivity contribution in [3.05, 3.63) is 29.8 Å². The van der Waals surface area contributed by atoms with Crippen molar-refractivity contribution >= 4 is 17.8 Å². The van der Waals surface area contributed by atoms with Gasteiger partial charge in [-0.3, -0.25) is 14.4 Å². The summed E-state index contributed by atoms with van der Waals surface area (Å²) >= 11 is 0. The summed E-state index contributed by atoms with van der Waals surface area (Å²) in [6.07, 6.45) is 0.598. The Balaban J connectivity index is 2.00. The minimum atomic E-state index is -1.03. The Morgan fingerprint density at radius 1 is 1.28 bits per heavy atom. The molecular formula is C18H22N2O5. The molecule has 2 heterocycles. The number of carbonyl (C=O) groups excluding carboxylic acids is 2. The van der Waals surface area contributed by atoms with Crippen LogP contribution < -0.4 is 5.32 Å². The topological polar surface area (TPSA) is 107 Å². The maximum atomic E-state index is 13.0. The summed E-state index contributed by atoms with van der Waals surface area (Å²) in [6, 6.07) is 4.03. The molecule has 25 heavy (non-hydrogen) atoms. The van der Waals surface area contributed by atoms with E-state index in [2.05, 4.69) is 5.32 Å². The van der Waals surface area contributed by atoms with Crippen molar-refractivity contribution in [3.8, 4) is 5.75 Å². The van der Waals surface area contributed by atoms with Gasteiger partial charge in [-0.1, -0.05) is 26.0 Å². The molecule has 0 aliphatic carbocycles. The van der Waals surface area contributed by atoms with Gasteiger partial charge in [0.1, 0.15) is 17.8 Å². The number of hydrogen-bond donors (Lipinski definition) is 3. The standard InChI is InChI=1S/C18H22N2O5/c1-9(2)7-13-17(23)20-14(16(22)19-13)8-12(18(24)25)15(20)10-3-5-11(21)6-4-10/h3-6,9,12-15,21H,7-8H2,1-2H3,(H,19,22)(H,24,25)/t12-,13-,14-,15-/m0/s1. The first-order chi connectivity index (χ1) is 11.8. The van der Waals surface area contributed by atoms with Crippen LogP contribution >= 0.6 is 0 Å². The van der Waals surface area contributed by atoms with E-state index in [1.165, 1.54) is 17.0 Å². The zero-order chi connectivity index (χ0) is 18.3. The van der Waals surface area contributed by atoms with Crippen LogP contribution in [-0.4, -0.2) is 45.0 Å². The first-order valence-electron chi connectivity index (χ1n) is 8.44. The third kappa shape index (κ3) is 3.06. The van der Waals surface area contributed by atoms with Gasteiger partial charge in [-0.15, -0.1) is 0 Å². The highest BCUT2D eigenvalue weighted by molar-refractivity contribution is 5.98. The Bertz CT molecular complexity index is 700. The van der Waals surface area contributed by atoms with E-state index in [1.54, 1.807) is 12.1 Å². The van der Waals surface area contributed by atoms with Gasteiger partial charge in [-0.05, 0) is 36.5 Å². The molecule has 3 N–H and O–H groups in total. The summed E-state index contributed by atoms with van der Waals surface area (Å²) < 4.78 is 0. The lowest BCUT2D eigenvalue weighted by Gasteiger charge is -2.38. The van der Waals surface area contributed by atoms with E-state index in [0.29, 0.717) is 12.0 Å². The Hall–Kier alpha value is -2.57. The van der Waals surface area contributed by atoms with Crippen molar-refractivity contribution in [2.24, 2.45) is 11.8 Å². The summed E-state index contributed by atoms with van der Waals surface area (Å²) in [5.74, 6) is -2.14. The quantitative estimate of drug-likeness (QED) is 0.761. The first kappa shape index (κ1) is 17.3. The number of piperazine rings is 1. The third-order valence-corrected chi connectivity index (χ3v) is 4.92. The molecule has 0 unspecified atom stereocenters. The molecule has 2 aliphatic rings. The Kier molecular flexibility index (Phi) is 4.41. The summed E-state index contributed by atoms with van der Waals surface area (Å²) in [5, 5.41) is 21.8. The molecule has 1 aromatic carbocycles. The van der Waals surface area contributed by atoms with Crippen LogP contribution in [0.1, 0.15) is 38.3 Å². The molecule has 3 rings (SSSR count). The number of fused-ring (bicyclic) bond motifs is 1. The third-order valence-electron chi connectivity index (χ3n) is 4.92. The van der Waals surface area contributed by atoms with Crippen LogP contribution in [-0.2, 0) is 14.4 Å². The monoisotopic (exact) mass is 346 g/mol. The predicted octanol–water partition coefficient (Wildman–Crippen LogP) is 1.28. The van der Waals surface area contributed by atoms with Crippen LogP contribution in [0.2, 0.25) is 0 Å². The normalized spacial score (nSPS) is 28.8. The highest BCUT2D eigenvalue weighted by atomic mass is 16.4. The molecule has 7 heteroatoms. The summed E-state index contributed by atoms with van der Waals surface area (Å²) in [7, 11) is 0. The number of hydrogen-bond acceptors (Lipinski definition) is 4. The molecule has 7 nitrogen and oxygen atoms in total. The number of aromatic hydroxyl groups is 1. The SMILES string of the molecule is CC(C)C[C@@H]1NC(=O)[C@@H]2C[C@H](C(=O)O)[C@H](c3ccc(O)cc3)N2C1=O. The van der Waals surface area contributed by atoms with Gasteiger partial charge in [0.05, 0.1) is 12.0 Å². The highest BCUT2D eigenvalue weighted by Crippen LogP contribution is 2.43. The maximum Gasteiger partial charge on any atom is 0.309 e. The largest absolute Gasteiger partial charge is 0.508 e. The molecule has 0 radical (unpaired) electrons. The van der Waals surface area contributed by atoms with E-state index in [1.807, 2.05) is 13.8 Å². The van der Waals surface area contributed by atoms with Crippen LogP contribution in [0.5, 0.6) is 5.75 Å². The van der Waals surface area contributed by atoms with Crippen molar-refractivity contribution in [2.75, 3.05) is 0 Å². The van der Waals surface area contributed by atoms with Crippen molar-refractivity contribution in [3.63, 3.8) is 0 Å². The van der Waals surface area contributed by atoms with E-state index in [0.717, 1.165) is 0 Å². The zero-order valence-electron chi connectivity index (χ0n) is 14.2. The average Bonchev–Trinajstić information content (AvgIpc) is 2.94. The van der Waals surface area contributed by atoms with Crippen molar-refractivity contribution < 1.29 is 24.6 Å². The predicted molar refractivity (Wildman–Crippen MR) is 88.6 cm³/mol. The number of carboxylic acid groups (broad SMARTS) is 1. The van der Waals surface area contributed by atoms with Gasteiger partial charge in [0.15, 0.2) is 0 Å². The van der Waals surface area contributed by atoms with E-state index in [-0.39, 0.29) is 29.9 Å². The number of carbonyl (C=O) groups is 3. The molecule has 0 bridgehead atoms. The molecule has 1 aromatic rings. The fourth-order valence-electron chi connectivity index (χ4n) is 3.84. The Morgan fingerprint density at radius 3 is 2.48 bits per heavy atom. The van der Waals surface area contributed by atoms with Gasteiger partial charge >= 0.3 is 5.97 Å². The van der Waals surface area contributed by atoms with Gasteiger partial charge < -0.3 is 20.4 Å². The molecule has 2 fully saturated rings. The molecule has 2 aliphatic heterocycles. The van der Waals surface area contributed by atoms with Gasteiger partial charge in [-0.2, -0.15) is 0 Å². The second kappa shape index (κ2) is 6.38. The van der Waals surface area contributed by atoms with Gasteiger partial charge in [0.25, 0.3) is 0 Å². The second-order valence-corrected chi connectivity index (χ2v) is 7.17. The molecule has 0 saturated carbocycles. The molecule has 0 aromatic heterocycles. The van der Waals surface area contributed by atoms with E-state index < -0.39 is 30.0 Å². The van der Waals surface area contributed by atoms with Crippen LogP contribution in [0, 0.1) is 11.8 Å². The number of benzene rings is 1. The van der Waals surface area contributed by atoms with Crippen LogP contribution in [0.3, 0.4) is 0 Å². The minimum absolute atomic E-state index is 0.0607. The second-order valence-electron chi connectivity index (χ2n) is 7.17. The van der Waals surface area contributed by atoms with Gasteiger partial charge in [0, 0.05) is 0 Å². The molecule has 4 atom stereocenters. The molecule has 0 spiro atoms. The fourth-order valence-corrected chi connectivity index (χ4v) is 3.84. The van der Waals surface area contributed by atoms with Crippen molar-refractivity contribution in [1.29, 1.82) is 0 Å². The summed E-state index contributed by atoms with van der Waals surface area (Å²) in [5.41, 5.74) is 0.610. The number of aliphatic carboxylic acids is 1. The average molecular weight is 346 g/mol. The Morgan fingerprint density at radius 2 is 1.92 bits per heavy atom. The summed E-state index contributed by atoms with van der Waals surface area (Å²) in [4.78, 5) is 38.6. The highest BCUT2D eigenvalue weighted by Gasteiger charge is 2.54. The molecule has 2 amide bonds. The van der Waals surface area contributed by atoms with Crippen LogP contribution in [0.25, 0.3) is 0 Å². The zero-order valence-corrected chi connectivity index (χ0v) is 14.2. The Labute approximate surface area is 145 Å². The van der Waals surface area contributed by atoms with E-state index in [9.17, 15) is 24.6 Å². The molecule has 2 saturated heterocycles. The van der Waals surface area contributed by atoms with Gasteiger partial charge in [0.2, 0.25) is 11.8 Å². The number of rotatable bonds is 4. The lowest BCUT2D eigenvalue weighted by molar-refractivity contribution is -0.150. The van der Waals surface area contributed by atoms with Crippen molar-refractivity contribution in [1.82, 2.24) is 10.2 Å². The number of phenols is 1. The van der Waals surface area contributed by atoms with Gasteiger partial charge in [-0.25, -0.2) is 0 Å². The minimum Gasteiger partial charge on any atom is -0.508 e. The number of carboxylic acids is 1. The first-order valence-corrected chi connectivity index (χ1v) is 8.44. The van der Waals surface area contributed by atoms with E-state index >= 15 is 0 Å². The smallest absolute Gasteiger partial charge is 0.309 e. The number of nitrogens with zero attached hydrogens (tertiary/aromatic N) is 1. The van der Waals surface area contributed by atoms with E-state index in [4.69, 9.17) is 0 Å². The fraction of sp³-hybridized carbons (Fsp3) is 0.500. The lowest BCUT2D eigenvalue weighted by atomic mass is 9.93. The molecular weight excluding hydrogens is 324 g/mol. The number of phenolic OH excluding ortho intramolecular Hbond substituents is 1. The molecule has 134 valence electrons. The number of amides is 2.